The molecule has 0 saturated carbocycles. The lowest BCUT2D eigenvalue weighted by Gasteiger charge is -2.19. The van der Waals surface area contributed by atoms with Crippen molar-refractivity contribution in [2.45, 2.75) is 24.3 Å². The fourth-order valence-electron chi connectivity index (χ4n) is 1.98. The van der Waals surface area contributed by atoms with E-state index in [4.69, 9.17) is 4.74 Å². The molecule has 0 unspecified atom stereocenters. The standard InChI is InChI=1S/C13H14N4OS/c1-8-12(10-4-6-11(18-3)7-5-10)16-17-9(2)14-15-13(17)19-8/h4-8H,1-3H3/t8-/m1/s1. The molecule has 3 rings (SSSR count). The van der Waals surface area contributed by atoms with Crippen LogP contribution in [0, 0.1) is 6.92 Å². The molecule has 1 aromatic carbocycles. The number of aryl methyl sites for hydroxylation is 1. The van der Waals surface area contributed by atoms with Gasteiger partial charge in [0.15, 0.2) is 5.82 Å². The van der Waals surface area contributed by atoms with Crippen LogP contribution in [0.3, 0.4) is 0 Å². The zero-order chi connectivity index (χ0) is 13.4. The summed E-state index contributed by atoms with van der Waals surface area (Å²) in [6.07, 6.45) is 0. The van der Waals surface area contributed by atoms with E-state index >= 15 is 0 Å². The van der Waals surface area contributed by atoms with Gasteiger partial charge in [0.2, 0.25) is 5.16 Å². The van der Waals surface area contributed by atoms with Gasteiger partial charge in [0.1, 0.15) is 5.75 Å². The number of methoxy groups -OCH3 is 1. The van der Waals surface area contributed by atoms with Crippen LogP contribution in [0.2, 0.25) is 0 Å². The van der Waals surface area contributed by atoms with Crippen LogP contribution in [0.1, 0.15) is 18.3 Å². The summed E-state index contributed by atoms with van der Waals surface area (Å²) in [7, 11) is 1.67. The lowest BCUT2D eigenvalue weighted by Crippen LogP contribution is -2.21. The molecule has 2 aromatic rings. The van der Waals surface area contributed by atoms with Crippen molar-refractivity contribution < 1.29 is 4.74 Å². The molecule has 6 heteroatoms. The molecule has 1 aliphatic heterocycles. The topological polar surface area (TPSA) is 52.3 Å². The number of hydrogen-bond acceptors (Lipinski definition) is 5. The summed E-state index contributed by atoms with van der Waals surface area (Å²) in [6, 6.07) is 7.95. The predicted molar refractivity (Wildman–Crippen MR) is 75.0 cm³/mol. The van der Waals surface area contributed by atoms with Crippen LogP contribution < -0.4 is 4.74 Å². The summed E-state index contributed by atoms with van der Waals surface area (Å²) in [5, 5.41) is 13.9. The molecule has 1 aromatic heterocycles. The van der Waals surface area contributed by atoms with Crippen molar-refractivity contribution in [3.63, 3.8) is 0 Å². The first kappa shape index (κ1) is 12.2. The highest BCUT2D eigenvalue weighted by atomic mass is 32.2. The molecule has 0 amide bonds. The van der Waals surface area contributed by atoms with Gasteiger partial charge in [-0.3, -0.25) is 0 Å². The fraction of sp³-hybridized carbons (Fsp3) is 0.308. The first-order chi connectivity index (χ1) is 9.19. The largest absolute Gasteiger partial charge is 0.497 e. The fourth-order valence-corrected chi connectivity index (χ4v) is 2.96. The van der Waals surface area contributed by atoms with Crippen LogP contribution in [0.4, 0.5) is 0 Å². The summed E-state index contributed by atoms with van der Waals surface area (Å²) in [6.45, 7) is 4.03. The van der Waals surface area contributed by atoms with E-state index in [0.717, 1.165) is 28.0 Å². The summed E-state index contributed by atoms with van der Waals surface area (Å²) in [5.41, 5.74) is 2.13. The molecule has 1 aliphatic rings. The van der Waals surface area contributed by atoms with E-state index in [1.807, 2.05) is 31.2 Å². The van der Waals surface area contributed by atoms with Crippen molar-refractivity contribution in [3.05, 3.63) is 35.7 Å². The van der Waals surface area contributed by atoms with Gasteiger partial charge in [0.05, 0.1) is 18.1 Å². The maximum Gasteiger partial charge on any atom is 0.212 e. The Morgan fingerprint density at radius 3 is 2.63 bits per heavy atom. The Labute approximate surface area is 115 Å². The van der Waals surface area contributed by atoms with Crippen LogP contribution in [0.5, 0.6) is 5.75 Å². The second kappa shape index (κ2) is 4.70. The Hall–Kier alpha value is -1.82. The van der Waals surface area contributed by atoms with Crippen LogP contribution >= 0.6 is 11.8 Å². The minimum Gasteiger partial charge on any atom is -0.497 e. The van der Waals surface area contributed by atoms with Gasteiger partial charge in [0, 0.05) is 0 Å². The molecule has 5 nitrogen and oxygen atoms in total. The van der Waals surface area contributed by atoms with Crippen molar-refractivity contribution in [1.29, 1.82) is 0 Å². The zero-order valence-electron chi connectivity index (χ0n) is 11.0. The highest BCUT2D eigenvalue weighted by Gasteiger charge is 2.24. The van der Waals surface area contributed by atoms with Crippen molar-refractivity contribution in [1.82, 2.24) is 14.9 Å². The molecule has 0 spiro atoms. The molecule has 0 radical (unpaired) electrons. The minimum atomic E-state index is 0.254. The molecule has 98 valence electrons. The van der Waals surface area contributed by atoms with Crippen LogP contribution in [0.25, 0.3) is 0 Å². The Bertz CT molecular complexity index is 633. The highest BCUT2D eigenvalue weighted by molar-refractivity contribution is 8.00. The summed E-state index contributed by atoms with van der Waals surface area (Å²) < 4.78 is 6.97. The van der Waals surface area contributed by atoms with E-state index in [0.29, 0.717) is 0 Å². The van der Waals surface area contributed by atoms with Crippen molar-refractivity contribution in [2.75, 3.05) is 7.11 Å². The predicted octanol–water partition coefficient (Wildman–Crippen LogP) is 2.34. The van der Waals surface area contributed by atoms with Gasteiger partial charge in [-0.05, 0) is 43.7 Å². The third-order valence-electron chi connectivity index (χ3n) is 3.03. The average Bonchev–Trinajstić information content (AvgIpc) is 2.79. The lowest BCUT2D eigenvalue weighted by molar-refractivity contribution is 0.415. The highest BCUT2D eigenvalue weighted by Crippen LogP contribution is 2.30. The molecule has 19 heavy (non-hydrogen) atoms. The van der Waals surface area contributed by atoms with Crippen LogP contribution in [0.15, 0.2) is 34.5 Å². The Morgan fingerprint density at radius 1 is 1.21 bits per heavy atom. The summed E-state index contributed by atoms with van der Waals surface area (Å²) in [5.74, 6) is 1.65. The number of fused-ring (bicyclic) bond motifs is 1. The smallest absolute Gasteiger partial charge is 0.212 e. The molecule has 0 N–H and O–H groups in total. The minimum absolute atomic E-state index is 0.254. The van der Waals surface area contributed by atoms with E-state index in [-0.39, 0.29) is 5.25 Å². The van der Waals surface area contributed by atoms with Gasteiger partial charge < -0.3 is 4.74 Å². The number of thioether (sulfide) groups is 1. The Morgan fingerprint density at radius 2 is 1.95 bits per heavy atom. The Kier molecular flexibility index (Phi) is 3.02. The second-order valence-electron chi connectivity index (χ2n) is 4.32. The first-order valence-corrected chi connectivity index (χ1v) is 6.89. The van der Waals surface area contributed by atoms with Gasteiger partial charge >= 0.3 is 0 Å². The quantitative estimate of drug-likeness (QED) is 0.843. The van der Waals surface area contributed by atoms with Crippen LogP contribution in [-0.4, -0.2) is 32.9 Å². The van der Waals surface area contributed by atoms with Gasteiger partial charge in [-0.2, -0.15) is 9.78 Å². The lowest BCUT2D eigenvalue weighted by atomic mass is 10.1. The summed E-state index contributed by atoms with van der Waals surface area (Å²) >= 11 is 1.67. The van der Waals surface area contributed by atoms with E-state index < -0.39 is 0 Å². The van der Waals surface area contributed by atoms with Gasteiger partial charge in [-0.1, -0.05) is 11.8 Å². The van der Waals surface area contributed by atoms with E-state index in [9.17, 15) is 0 Å². The number of ether oxygens (including phenoxy) is 1. The second-order valence-corrected chi connectivity index (χ2v) is 5.62. The number of nitrogens with zero attached hydrogens (tertiary/aromatic N) is 4. The molecule has 0 fully saturated rings. The number of aromatic nitrogens is 3. The molecule has 1 atom stereocenters. The van der Waals surface area contributed by atoms with Crippen molar-refractivity contribution >= 4 is 17.5 Å². The van der Waals surface area contributed by atoms with Crippen LogP contribution in [-0.2, 0) is 0 Å². The number of hydrogen-bond donors (Lipinski definition) is 0. The van der Waals surface area contributed by atoms with Crippen molar-refractivity contribution in [3.8, 4) is 5.75 Å². The SMILES string of the molecule is COc1ccc(C2=Nn3c(C)nnc3S[C@@H]2C)cc1. The van der Waals surface area contributed by atoms with E-state index in [1.165, 1.54) is 0 Å². The number of rotatable bonds is 2. The molecular weight excluding hydrogens is 260 g/mol. The maximum atomic E-state index is 5.18. The normalized spacial score (nSPS) is 17.8. The zero-order valence-corrected chi connectivity index (χ0v) is 11.8. The van der Waals surface area contributed by atoms with Crippen molar-refractivity contribution in [2.24, 2.45) is 5.10 Å². The molecular formula is C13H14N4OS. The molecule has 0 aliphatic carbocycles. The van der Waals surface area contributed by atoms with E-state index in [1.54, 1.807) is 23.5 Å². The third-order valence-corrected chi connectivity index (χ3v) is 4.07. The van der Waals surface area contributed by atoms with Gasteiger partial charge in [0.25, 0.3) is 0 Å². The van der Waals surface area contributed by atoms with Gasteiger partial charge in [-0.25, -0.2) is 0 Å². The monoisotopic (exact) mass is 274 g/mol. The molecule has 0 saturated heterocycles. The Balaban J connectivity index is 2.03. The summed E-state index contributed by atoms with van der Waals surface area (Å²) in [4.78, 5) is 0. The average molecular weight is 274 g/mol. The molecule has 2 heterocycles. The van der Waals surface area contributed by atoms with Gasteiger partial charge in [-0.15, -0.1) is 10.2 Å². The molecule has 0 bridgehead atoms. The maximum absolute atomic E-state index is 5.18. The third kappa shape index (κ3) is 2.12. The number of benzene rings is 1. The van der Waals surface area contributed by atoms with E-state index in [2.05, 4.69) is 22.2 Å². The first-order valence-electron chi connectivity index (χ1n) is 6.01.